The summed E-state index contributed by atoms with van der Waals surface area (Å²) in [7, 11) is 0. The molecule has 0 spiro atoms. The van der Waals surface area contributed by atoms with Crippen LogP contribution in [0.4, 0.5) is 0 Å². The standard InChI is InChI=1S/C19H13ClN2OS/c1-12-18(14-5-3-2-4-6-14)22-16(11-23)17(21-19(22)24-12)13-7-9-15(20)10-8-13/h2-11H,1H3. The van der Waals surface area contributed by atoms with E-state index in [1.807, 2.05) is 59.0 Å². The summed E-state index contributed by atoms with van der Waals surface area (Å²) in [4.78, 5) is 18.5. The number of aldehydes is 1. The molecular formula is C19H13ClN2OS. The highest BCUT2D eigenvalue weighted by Gasteiger charge is 2.20. The zero-order valence-electron chi connectivity index (χ0n) is 12.9. The highest BCUT2D eigenvalue weighted by Crippen LogP contribution is 2.35. The summed E-state index contributed by atoms with van der Waals surface area (Å²) >= 11 is 7.55. The van der Waals surface area contributed by atoms with E-state index in [1.54, 1.807) is 11.3 Å². The van der Waals surface area contributed by atoms with Gasteiger partial charge < -0.3 is 0 Å². The zero-order valence-corrected chi connectivity index (χ0v) is 14.4. The first-order chi connectivity index (χ1) is 11.7. The quantitative estimate of drug-likeness (QED) is 0.456. The number of halogens is 1. The Hall–Kier alpha value is -2.43. The maximum absolute atomic E-state index is 11.9. The second kappa shape index (κ2) is 5.89. The molecule has 0 N–H and O–H groups in total. The fourth-order valence-electron chi connectivity index (χ4n) is 2.90. The minimum atomic E-state index is 0.565. The van der Waals surface area contributed by atoms with Crippen LogP contribution in [-0.2, 0) is 0 Å². The van der Waals surface area contributed by atoms with Crippen molar-refractivity contribution in [2.24, 2.45) is 0 Å². The summed E-state index contributed by atoms with van der Waals surface area (Å²) in [6, 6.07) is 17.5. The Morgan fingerprint density at radius 3 is 2.42 bits per heavy atom. The van der Waals surface area contributed by atoms with Crippen molar-refractivity contribution >= 4 is 34.2 Å². The molecule has 0 aliphatic rings. The topological polar surface area (TPSA) is 34.4 Å². The van der Waals surface area contributed by atoms with Gasteiger partial charge in [-0.1, -0.05) is 54.1 Å². The molecule has 118 valence electrons. The van der Waals surface area contributed by atoms with Crippen molar-refractivity contribution in [2.45, 2.75) is 6.92 Å². The Labute approximate surface area is 148 Å². The van der Waals surface area contributed by atoms with Gasteiger partial charge in [0.1, 0.15) is 11.4 Å². The molecule has 0 amide bonds. The second-order valence-electron chi connectivity index (χ2n) is 5.46. The van der Waals surface area contributed by atoms with Crippen molar-refractivity contribution in [3.8, 4) is 22.5 Å². The average Bonchev–Trinajstić information content (AvgIpc) is 3.10. The van der Waals surface area contributed by atoms with Crippen molar-refractivity contribution in [3.63, 3.8) is 0 Å². The molecule has 0 unspecified atom stereocenters. The minimum Gasteiger partial charge on any atom is -0.296 e. The summed E-state index contributed by atoms with van der Waals surface area (Å²) in [5.74, 6) is 0. The smallest absolute Gasteiger partial charge is 0.195 e. The highest BCUT2D eigenvalue weighted by molar-refractivity contribution is 7.17. The van der Waals surface area contributed by atoms with Gasteiger partial charge in [-0.05, 0) is 24.6 Å². The number of thiazole rings is 1. The van der Waals surface area contributed by atoms with Crippen LogP contribution in [0.2, 0.25) is 5.02 Å². The van der Waals surface area contributed by atoms with Crippen LogP contribution in [0, 0.1) is 6.92 Å². The normalized spacial score (nSPS) is 11.1. The number of fused-ring (bicyclic) bond motifs is 1. The maximum atomic E-state index is 11.9. The van der Waals surface area contributed by atoms with E-state index in [0.29, 0.717) is 16.4 Å². The van der Waals surface area contributed by atoms with Gasteiger partial charge in [0.15, 0.2) is 11.2 Å². The number of carbonyl (C=O) groups is 1. The first-order valence-electron chi connectivity index (χ1n) is 7.47. The SMILES string of the molecule is Cc1sc2nc(-c3ccc(Cl)cc3)c(C=O)n2c1-c1ccccc1. The summed E-state index contributed by atoms with van der Waals surface area (Å²) < 4.78 is 1.95. The van der Waals surface area contributed by atoms with Crippen LogP contribution in [0.1, 0.15) is 15.4 Å². The fraction of sp³-hybridized carbons (Fsp3) is 0.0526. The van der Waals surface area contributed by atoms with E-state index < -0.39 is 0 Å². The summed E-state index contributed by atoms with van der Waals surface area (Å²) in [5.41, 5.74) is 4.23. The van der Waals surface area contributed by atoms with Gasteiger partial charge in [0.25, 0.3) is 0 Å². The van der Waals surface area contributed by atoms with Crippen LogP contribution in [0.3, 0.4) is 0 Å². The first-order valence-corrected chi connectivity index (χ1v) is 8.67. The number of aryl methyl sites for hydroxylation is 1. The van der Waals surface area contributed by atoms with E-state index in [-0.39, 0.29) is 0 Å². The number of carbonyl (C=O) groups excluding carboxylic acids is 1. The van der Waals surface area contributed by atoms with Crippen molar-refractivity contribution < 1.29 is 4.79 Å². The third-order valence-corrected chi connectivity index (χ3v) is 5.17. The molecular weight excluding hydrogens is 340 g/mol. The molecule has 4 rings (SSSR count). The zero-order chi connectivity index (χ0) is 16.7. The van der Waals surface area contributed by atoms with Crippen molar-refractivity contribution in [2.75, 3.05) is 0 Å². The van der Waals surface area contributed by atoms with E-state index in [0.717, 1.165) is 32.9 Å². The summed E-state index contributed by atoms with van der Waals surface area (Å²) in [6.45, 7) is 2.05. The van der Waals surface area contributed by atoms with Crippen LogP contribution in [0.5, 0.6) is 0 Å². The second-order valence-corrected chi connectivity index (χ2v) is 7.08. The third kappa shape index (κ3) is 2.35. The average molecular weight is 353 g/mol. The van der Waals surface area contributed by atoms with Crippen LogP contribution in [0.25, 0.3) is 27.5 Å². The van der Waals surface area contributed by atoms with Gasteiger partial charge in [-0.25, -0.2) is 4.98 Å². The predicted octanol–water partition coefficient (Wildman–Crippen LogP) is 5.50. The molecule has 3 nitrogen and oxygen atoms in total. The van der Waals surface area contributed by atoms with Crippen LogP contribution in [0.15, 0.2) is 54.6 Å². The monoisotopic (exact) mass is 352 g/mol. The van der Waals surface area contributed by atoms with Crippen LogP contribution >= 0.6 is 22.9 Å². The van der Waals surface area contributed by atoms with Gasteiger partial charge in [0.2, 0.25) is 0 Å². The maximum Gasteiger partial charge on any atom is 0.195 e. The summed E-state index contributed by atoms with van der Waals surface area (Å²) in [6.07, 6.45) is 0.878. The van der Waals surface area contributed by atoms with Crippen molar-refractivity contribution in [3.05, 3.63) is 70.2 Å². The van der Waals surface area contributed by atoms with Gasteiger partial charge in [-0.3, -0.25) is 9.20 Å². The Kier molecular flexibility index (Phi) is 3.71. The molecule has 0 saturated heterocycles. The van der Waals surface area contributed by atoms with Gasteiger partial charge in [0.05, 0.1) is 5.69 Å². The molecule has 24 heavy (non-hydrogen) atoms. The molecule has 2 heterocycles. The van der Waals surface area contributed by atoms with Crippen molar-refractivity contribution in [1.29, 1.82) is 0 Å². The Morgan fingerprint density at radius 2 is 1.75 bits per heavy atom. The number of rotatable bonds is 3. The number of benzene rings is 2. The van der Waals surface area contributed by atoms with Gasteiger partial charge >= 0.3 is 0 Å². The van der Waals surface area contributed by atoms with Crippen LogP contribution in [-0.4, -0.2) is 15.7 Å². The highest BCUT2D eigenvalue weighted by atomic mass is 35.5. The third-order valence-electron chi connectivity index (χ3n) is 3.96. The molecule has 0 radical (unpaired) electrons. The van der Waals surface area contributed by atoms with Crippen molar-refractivity contribution in [1.82, 2.24) is 9.38 Å². The molecule has 0 aliphatic heterocycles. The lowest BCUT2D eigenvalue weighted by Gasteiger charge is -2.04. The lowest BCUT2D eigenvalue weighted by molar-refractivity contribution is 0.111. The van der Waals surface area contributed by atoms with Gasteiger partial charge in [-0.2, -0.15) is 0 Å². The summed E-state index contributed by atoms with van der Waals surface area (Å²) in [5, 5.41) is 0.660. The molecule has 2 aromatic carbocycles. The number of imidazole rings is 1. The molecule has 4 aromatic rings. The first kappa shape index (κ1) is 15.1. The fourth-order valence-corrected chi connectivity index (χ4v) is 4.02. The van der Waals surface area contributed by atoms with E-state index in [9.17, 15) is 4.79 Å². The Balaban J connectivity index is 2.01. The molecule has 0 bridgehead atoms. The lowest BCUT2D eigenvalue weighted by atomic mass is 10.1. The number of nitrogens with zero attached hydrogens (tertiary/aromatic N) is 2. The predicted molar refractivity (Wildman–Crippen MR) is 99.1 cm³/mol. The van der Waals surface area contributed by atoms with E-state index in [2.05, 4.69) is 6.92 Å². The van der Waals surface area contributed by atoms with E-state index in [4.69, 9.17) is 16.6 Å². The number of hydrogen-bond acceptors (Lipinski definition) is 3. The van der Waals surface area contributed by atoms with E-state index >= 15 is 0 Å². The van der Waals surface area contributed by atoms with Crippen LogP contribution < -0.4 is 0 Å². The minimum absolute atomic E-state index is 0.565. The molecule has 0 atom stereocenters. The van der Waals surface area contributed by atoms with Gasteiger partial charge in [-0.15, -0.1) is 11.3 Å². The number of hydrogen-bond donors (Lipinski definition) is 0. The molecule has 2 aromatic heterocycles. The molecule has 0 saturated carbocycles. The molecule has 0 fully saturated rings. The lowest BCUT2D eigenvalue weighted by Crippen LogP contribution is -1.95. The van der Waals surface area contributed by atoms with E-state index in [1.165, 1.54) is 0 Å². The largest absolute Gasteiger partial charge is 0.296 e. The number of aromatic nitrogens is 2. The Morgan fingerprint density at radius 1 is 1.04 bits per heavy atom. The van der Waals surface area contributed by atoms with Gasteiger partial charge in [0, 0.05) is 15.5 Å². The Bertz CT molecular complexity index is 1030. The molecule has 5 heteroatoms. The molecule has 0 aliphatic carbocycles.